The Labute approximate surface area is 116 Å². The maximum Gasteiger partial charge on any atom is 0.122 e. The van der Waals surface area contributed by atoms with E-state index in [9.17, 15) is 0 Å². The Bertz CT molecular complexity index is 443. The summed E-state index contributed by atoms with van der Waals surface area (Å²) in [6.45, 7) is 3.21. The van der Waals surface area contributed by atoms with Crippen LogP contribution in [0, 0.1) is 11.8 Å². The highest BCUT2D eigenvalue weighted by Gasteiger charge is 2.28. The molecule has 0 amide bonds. The van der Waals surface area contributed by atoms with E-state index in [1.54, 1.807) is 0 Å². The Morgan fingerprint density at radius 2 is 2.26 bits per heavy atom. The van der Waals surface area contributed by atoms with Crippen LogP contribution in [-0.4, -0.2) is 12.6 Å². The topological polar surface area (TPSA) is 35.2 Å². The zero-order chi connectivity index (χ0) is 13.2. The lowest BCUT2D eigenvalue weighted by Gasteiger charge is -2.23. The summed E-state index contributed by atoms with van der Waals surface area (Å²) in [5, 5.41) is 0. The first-order valence-corrected chi connectivity index (χ1v) is 7.74. The Balaban J connectivity index is 1.57. The van der Waals surface area contributed by atoms with Gasteiger partial charge in [-0.2, -0.15) is 0 Å². The molecule has 0 saturated heterocycles. The third kappa shape index (κ3) is 2.79. The van der Waals surface area contributed by atoms with Gasteiger partial charge in [-0.3, -0.25) is 0 Å². The second-order valence-electron chi connectivity index (χ2n) is 6.32. The van der Waals surface area contributed by atoms with Crippen molar-refractivity contribution < 1.29 is 4.74 Å². The fourth-order valence-corrected chi connectivity index (χ4v) is 3.75. The molecule has 1 heterocycles. The van der Waals surface area contributed by atoms with Crippen LogP contribution in [0.15, 0.2) is 18.2 Å². The van der Waals surface area contributed by atoms with Crippen molar-refractivity contribution in [2.24, 2.45) is 17.6 Å². The van der Waals surface area contributed by atoms with Crippen LogP contribution in [0.1, 0.15) is 43.7 Å². The minimum Gasteiger partial charge on any atom is -0.493 e. The fraction of sp³-hybridized carbons (Fsp3) is 0.647. The van der Waals surface area contributed by atoms with Crippen molar-refractivity contribution in [1.82, 2.24) is 0 Å². The molecule has 1 aliphatic carbocycles. The van der Waals surface area contributed by atoms with Gasteiger partial charge in [-0.05, 0) is 48.3 Å². The molecule has 1 aromatic rings. The summed E-state index contributed by atoms with van der Waals surface area (Å²) in [6, 6.07) is 7.02. The number of benzene rings is 1. The fourth-order valence-electron chi connectivity index (χ4n) is 3.75. The van der Waals surface area contributed by atoms with Gasteiger partial charge in [0.15, 0.2) is 0 Å². The molecule has 1 fully saturated rings. The van der Waals surface area contributed by atoms with Crippen LogP contribution in [0.2, 0.25) is 0 Å². The van der Waals surface area contributed by atoms with Gasteiger partial charge in [0.1, 0.15) is 5.75 Å². The van der Waals surface area contributed by atoms with Crippen molar-refractivity contribution in [2.75, 3.05) is 6.61 Å². The molecule has 1 saturated carbocycles. The highest BCUT2D eigenvalue weighted by Crippen LogP contribution is 2.34. The highest BCUT2D eigenvalue weighted by molar-refractivity contribution is 5.39. The quantitative estimate of drug-likeness (QED) is 0.900. The van der Waals surface area contributed by atoms with Crippen molar-refractivity contribution in [3.05, 3.63) is 29.3 Å². The maximum atomic E-state index is 6.41. The highest BCUT2D eigenvalue weighted by atomic mass is 16.5. The van der Waals surface area contributed by atoms with Gasteiger partial charge >= 0.3 is 0 Å². The average molecular weight is 259 g/mol. The molecule has 3 rings (SSSR count). The van der Waals surface area contributed by atoms with E-state index in [1.165, 1.54) is 30.4 Å². The van der Waals surface area contributed by atoms with Gasteiger partial charge in [0.2, 0.25) is 0 Å². The predicted molar refractivity (Wildman–Crippen MR) is 78.4 cm³/mol. The van der Waals surface area contributed by atoms with E-state index in [0.29, 0.717) is 6.04 Å². The minimum absolute atomic E-state index is 0.377. The maximum absolute atomic E-state index is 6.41. The molecular formula is C17H25NO. The van der Waals surface area contributed by atoms with E-state index >= 15 is 0 Å². The number of hydrogen-bond acceptors (Lipinski definition) is 2. The summed E-state index contributed by atoms with van der Waals surface area (Å²) in [5.41, 5.74) is 9.20. The molecule has 19 heavy (non-hydrogen) atoms. The normalized spacial score (nSPS) is 27.1. The summed E-state index contributed by atoms with van der Waals surface area (Å²) in [6.07, 6.45) is 7.37. The molecule has 2 heteroatoms. The van der Waals surface area contributed by atoms with Gasteiger partial charge in [0.25, 0.3) is 0 Å². The van der Waals surface area contributed by atoms with E-state index < -0.39 is 0 Å². The van der Waals surface area contributed by atoms with Gasteiger partial charge in [0, 0.05) is 12.5 Å². The second kappa shape index (κ2) is 5.54. The lowest BCUT2D eigenvalue weighted by molar-refractivity contribution is 0.332. The Morgan fingerprint density at radius 1 is 1.37 bits per heavy atom. The first kappa shape index (κ1) is 13.0. The van der Waals surface area contributed by atoms with Gasteiger partial charge in [0.05, 0.1) is 6.61 Å². The third-order valence-corrected chi connectivity index (χ3v) is 5.00. The molecule has 2 aliphatic rings. The van der Waals surface area contributed by atoms with Crippen molar-refractivity contribution in [3.63, 3.8) is 0 Å². The Kier molecular flexibility index (Phi) is 3.79. The number of fused-ring (bicyclic) bond motifs is 1. The molecule has 2 N–H and O–H groups in total. The SMILES string of the molecule is CC1CCCC1C(N)CCc1ccc2c(c1)CCO2. The zero-order valence-electron chi connectivity index (χ0n) is 11.9. The number of hydrogen-bond donors (Lipinski definition) is 1. The zero-order valence-corrected chi connectivity index (χ0v) is 11.9. The Hall–Kier alpha value is -1.02. The van der Waals surface area contributed by atoms with Crippen LogP contribution in [-0.2, 0) is 12.8 Å². The van der Waals surface area contributed by atoms with Gasteiger partial charge in [-0.15, -0.1) is 0 Å². The largest absolute Gasteiger partial charge is 0.493 e. The van der Waals surface area contributed by atoms with Gasteiger partial charge in [-0.1, -0.05) is 31.9 Å². The molecule has 3 atom stereocenters. The molecule has 104 valence electrons. The third-order valence-electron chi connectivity index (χ3n) is 5.00. The van der Waals surface area contributed by atoms with Crippen LogP contribution in [0.4, 0.5) is 0 Å². The predicted octanol–water partition coefficient (Wildman–Crippen LogP) is 3.32. The summed E-state index contributed by atoms with van der Waals surface area (Å²) >= 11 is 0. The molecule has 0 aromatic heterocycles. The monoisotopic (exact) mass is 259 g/mol. The number of ether oxygens (including phenoxy) is 1. The molecule has 3 unspecified atom stereocenters. The number of aryl methyl sites for hydroxylation is 1. The van der Waals surface area contributed by atoms with Gasteiger partial charge in [-0.25, -0.2) is 0 Å². The van der Waals surface area contributed by atoms with Crippen LogP contribution < -0.4 is 10.5 Å². The summed E-state index contributed by atoms with van der Waals surface area (Å²) in [5.74, 6) is 2.65. The number of nitrogens with two attached hydrogens (primary N) is 1. The van der Waals surface area contributed by atoms with Crippen molar-refractivity contribution in [2.45, 2.75) is 51.5 Å². The van der Waals surface area contributed by atoms with Crippen molar-refractivity contribution in [3.8, 4) is 5.75 Å². The standard InChI is InChI=1S/C17H25NO/c1-12-3-2-4-15(12)16(18)7-5-13-6-8-17-14(11-13)9-10-19-17/h6,8,11-12,15-16H,2-5,7,9-10,18H2,1H3. The minimum atomic E-state index is 0.377. The van der Waals surface area contributed by atoms with E-state index in [2.05, 4.69) is 25.1 Å². The Morgan fingerprint density at radius 3 is 3.05 bits per heavy atom. The molecule has 0 bridgehead atoms. The first-order chi connectivity index (χ1) is 9.24. The van der Waals surface area contributed by atoms with Crippen LogP contribution in [0.3, 0.4) is 0 Å². The van der Waals surface area contributed by atoms with Crippen LogP contribution in [0.25, 0.3) is 0 Å². The smallest absolute Gasteiger partial charge is 0.122 e. The van der Waals surface area contributed by atoms with Crippen molar-refractivity contribution >= 4 is 0 Å². The molecule has 2 nitrogen and oxygen atoms in total. The summed E-state index contributed by atoms with van der Waals surface area (Å²) < 4.78 is 5.55. The number of rotatable bonds is 4. The first-order valence-electron chi connectivity index (χ1n) is 7.74. The lowest BCUT2D eigenvalue weighted by atomic mass is 9.87. The van der Waals surface area contributed by atoms with Crippen molar-refractivity contribution in [1.29, 1.82) is 0 Å². The second-order valence-corrected chi connectivity index (χ2v) is 6.32. The molecule has 0 radical (unpaired) electrons. The van der Waals surface area contributed by atoms with E-state index in [1.807, 2.05) is 0 Å². The molecule has 1 aromatic carbocycles. The van der Waals surface area contributed by atoms with Gasteiger partial charge < -0.3 is 10.5 Å². The summed E-state index contributed by atoms with van der Waals surface area (Å²) in [4.78, 5) is 0. The summed E-state index contributed by atoms with van der Waals surface area (Å²) in [7, 11) is 0. The average Bonchev–Trinajstić information content (AvgIpc) is 3.03. The van der Waals surface area contributed by atoms with E-state index in [4.69, 9.17) is 10.5 Å². The van der Waals surface area contributed by atoms with E-state index in [0.717, 1.165) is 43.5 Å². The van der Waals surface area contributed by atoms with Crippen LogP contribution in [0.5, 0.6) is 5.75 Å². The van der Waals surface area contributed by atoms with E-state index in [-0.39, 0.29) is 0 Å². The lowest BCUT2D eigenvalue weighted by Crippen LogP contribution is -2.32. The molecular weight excluding hydrogens is 234 g/mol. The molecule has 0 spiro atoms. The van der Waals surface area contributed by atoms with Crippen LogP contribution >= 0.6 is 0 Å². The molecule has 1 aliphatic heterocycles.